The number of nitrogens with zero attached hydrogens (tertiary/aromatic N) is 2. The van der Waals surface area contributed by atoms with Crippen LogP contribution in [-0.4, -0.2) is 16.1 Å². The minimum Gasteiger partial charge on any atom is -0.298 e. The fourth-order valence-corrected chi connectivity index (χ4v) is 3.01. The second-order valence-electron chi connectivity index (χ2n) is 4.08. The Hall–Kier alpha value is -1.62. The molecule has 0 fully saturated rings. The number of benzene rings is 1. The first kappa shape index (κ1) is 13.4. The molecule has 0 saturated carbocycles. The van der Waals surface area contributed by atoms with E-state index >= 15 is 0 Å². The maximum absolute atomic E-state index is 11.2. The summed E-state index contributed by atoms with van der Waals surface area (Å²) in [6, 6.07) is 10.9. The van der Waals surface area contributed by atoms with E-state index in [1.807, 2.05) is 18.2 Å². The average molecular weight is 323 g/mol. The first-order valence-electron chi connectivity index (χ1n) is 5.74. The van der Waals surface area contributed by atoms with Crippen molar-refractivity contribution >= 4 is 40.8 Å². The van der Waals surface area contributed by atoms with Crippen molar-refractivity contribution in [2.75, 3.05) is 0 Å². The first-order chi connectivity index (χ1) is 9.67. The van der Waals surface area contributed by atoms with E-state index in [0.29, 0.717) is 20.6 Å². The summed E-state index contributed by atoms with van der Waals surface area (Å²) in [5.74, 6) is 0. The Morgan fingerprint density at radius 2 is 1.85 bits per heavy atom. The quantitative estimate of drug-likeness (QED) is 0.654. The van der Waals surface area contributed by atoms with Gasteiger partial charge in [-0.2, -0.15) is 5.10 Å². The molecule has 0 amide bonds. The maximum atomic E-state index is 11.2. The molecule has 0 spiro atoms. The van der Waals surface area contributed by atoms with Crippen molar-refractivity contribution in [3.8, 4) is 16.3 Å². The van der Waals surface area contributed by atoms with Crippen LogP contribution in [0.15, 0.2) is 42.6 Å². The molecule has 6 heteroatoms. The lowest BCUT2D eigenvalue weighted by Gasteiger charge is -2.00. The third-order valence-corrected chi connectivity index (χ3v) is 4.26. The molecule has 0 saturated heterocycles. The zero-order valence-corrected chi connectivity index (χ0v) is 12.4. The van der Waals surface area contributed by atoms with Crippen LogP contribution >= 0.6 is 34.5 Å². The van der Waals surface area contributed by atoms with Crippen molar-refractivity contribution in [3.63, 3.8) is 0 Å². The van der Waals surface area contributed by atoms with Crippen LogP contribution in [0.5, 0.6) is 0 Å². The third-order valence-electron chi connectivity index (χ3n) is 2.77. The van der Waals surface area contributed by atoms with E-state index in [1.54, 1.807) is 29.1 Å². The molecule has 0 N–H and O–H groups in total. The number of carbonyl (C=O) groups is 1. The summed E-state index contributed by atoms with van der Waals surface area (Å²) < 4.78 is 2.32. The highest BCUT2D eigenvalue weighted by Gasteiger charge is 2.13. The molecule has 0 radical (unpaired) electrons. The summed E-state index contributed by atoms with van der Waals surface area (Å²) in [7, 11) is 0. The van der Waals surface area contributed by atoms with Gasteiger partial charge in [-0.25, -0.2) is 4.68 Å². The molecule has 3 aromatic rings. The molecule has 0 aliphatic carbocycles. The zero-order chi connectivity index (χ0) is 14.1. The Labute approximate surface area is 129 Å². The van der Waals surface area contributed by atoms with Crippen LogP contribution in [0.3, 0.4) is 0 Å². The van der Waals surface area contributed by atoms with Gasteiger partial charge < -0.3 is 0 Å². The predicted octanol–water partition coefficient (Wildman–Crippen LogP) is 4.72. The van der Waals surface area contributed by atoms with Crippen molar-refractivity contribution in [1.29, 1.82) is 0 Å². The van der Waals surface area contributed by atoms with Gasteiger partial charge in [0.1, 0.15) is 5.69 Å². The Morgan fingerprint density at radius 3 is 2.45 bits per heavy atom. The highest BCUT2D eigenvalue weighted by atomic mass is 35.5. The van der Waals surface area contributed by atoms with Gasteiger partial charge in [-0.15, -0.1) is 11.3 Å². The van der Waals surface area contributed by atoms with Gasteiger partial charge in [-0.3, -0.25) is 4.79 Å². The molecular formula is C14H8Cl2N2OS. The maximum Gasteiger partial charge on any atom is 0.153 e. The van der Waals surface area contributed by atoms with E-state index in [0.717, 1.165) is 16.9 Å². The fourth-order valence-electron chi connectivity index (χ4n) is 1.83. The predicted molar refractivity (Wildman–Crippen MR) is 82.3 cm³/mol. The molecule has 1 aromatic carbocycles. The molecule has 2 aromatic heterocycles. The third kappa shape index (κ3) is 2.50. The molecule has 0 bridgehead atoms. The lowest BCUT2D eigenvalue weighted by atomic mass is 10.2. The van der Waals surface area contributed by atoms with Crippen molar-refractivity contribution in [2.45, 2.75) is 0 Å². The largest absolute Gasteiger partial charge is 0.298 e. The summed E-state index contributed by atoms with van der Waals surface area (Å²) >= 11 is 13.2. The number of hydrogen-bond donors (Lipinski definition) is 0. The Morgan fingerprint density at radius 1 is 1.10 bits per heavy atom. The van der Waals surface area contributed by atoms with E-state index in [1.165, 1.54) is 11.3 Å². The van der Waals surface area contributed by atoms with Gasteiger partial charge in [0.15, 0.2) is 6.29 Å². The van der Waals surface area contributed by atoms with Crippen LogP contribution in [0, 0.1) is 0 Å². The van der Waals surface area contributed by atoms with Gasteiger partial charge in [-0.05, 0) is 36.4 Å². The lowest BCUT2D eigenvalue weighted by molar-refractivity contribution is 0.112. The van der Waals surface area contributed by atoms with E-state index in [-0.39, 0.29) is 0 Å². The number of carbonyl (C=O) groups excluding carboxylic acids is 1. The van der Waals surface area contributed by atoms with Crippen molar-refractivity contribution in [2.24, 2.45) is 0 Å². The van der Waals surface area contributed by atoms with Crippen LogP contribution in [0.1, 0.15) is 10.4 Å². The smallest absolute Gasteiger partial charge is 0.153 e. The molecule has 3 rings (SSSR count). The van der Waals surface area contributed by atoms with E-state index in [2.05, 4.69) is 5.10 Å². The molecule has 0 aliphatic heterocycles. The summed E-state index contributed by atoms with van der Waals surface area (Å²) in [6.07, 6.45) is 2.49. The van der Waals surface area contributed by atoms with Gasteiger partial charge >= 0.3 is 0 Å². The van der Waals surface area contributed by atoms with E-state index in [4.69, 9.17) is 23.2 Å². The van der Waals surface area contributed by atoms with E-state index in [9.17, 15) is 4.79 Å². The highest BCUT2D eigenvalue weighted by molar-refractivity contribution is 7.19. The standard InChI is InChI=1S/C14H8Cl2N2OS/c15-10-1-3-11(4-2-10)18-7-9(8-19)14(17-18)12-5-6-13(16)20-12/h1-8H. The van der Waals surface area contributed by atoms with E-state index < -0.39 is 0 Å². The Bertz CT molecular complexity index is 762. The second-order valence-corrected chi connectivity index (χ2v) is 6.23. The highest BCUT2D eigenvalue weighted by Crippen LogP contribution is 2.32. The van der Waals surface area contributed by atoms with Gasteiger partial charge in [0, 0.05) is 11.2 Å². The number of aldehydes is 1. The molecule has 2 heterocycles. The molecule has 0 atom stereocenters. The SMILES string of the molecule is O=Cc1cn(-c2ccc(Cl)cc2)nc1-c1ccc(Cl)s1. The second kappa shape index (κ2) is 5.40. The minimum absolute atomic E-state index is 0.526. The van der Waals surface area contributed by atoms with Crippen molar-refractivity contribution in [3.05, 3.63) is 57.5 Å². The average Bonchev–Trinajstić information content (AvgIpc) is 3.05. The van der Waals surface area contributed by atoms with Crippen LogP contribution < -0.4 is 0 Å². The Balaban J connectivity index is 2.09. The normalized spacial score (nSPS) is 10.7. The van der Waals surface area contributed by atoms with Gasteiger partial charge in [-0.1, -0.05) is 23.2 Å². The van der Waals surface area contributed by atoms with Crippen molar-refractivity contribution in [1.82, 2.24) is 9.78 Å². The molecule has 0 aliphatic rings. The summed E-state index contributed by atoms with van der Waals surface area (Å²) in [5.41, 5.74) is 2.00. The van der Waals surface area contributed by atoms with Crippen molar-refractivity contribution < 1.29 is 4.79 Å². The number of aromatic nitrogens is 2. The van der Waals surface area contributed by atoms with Crippen LogP contribution in [0.4, 0.5) is 0 Å². The summed E-state index contributed by atoms with van der Waals surface area (Å²) in [5, 5.41) is 5.11. The van der Waals surface area contributed by atoms with Gasteiger partial charge in [0.05, 0.1) is 20.5 Å². The molecule has 3 nitrogen and oxygen atoms in total. The molecular weight excluding hydrogens is 315 g/mol. The summed E-state index contributed by atoms with van der Waals surface area (Å²) in [4.78, 5) is 12.1. The van der Waals surface area contributed by atoms with Gasteiger partial charge in [0.25, 0.3) is 0 Å². The van der Waals surface area contributed by atoms with Crippen LogP contribution in [0.25, 0.3) is 16.3 Å². The molecule has 20 heavy (non-hydrogen) atoms. The van der Waals surface area contributed by atoms with Gasteiger partial charge in [0.2, 0.25) is 0 Å². The summed E-state index contributed by atoms with van der Waals surface area (Å²) in [6.45, 7) is 0. The number of thiophene rings is 1. The zero-order valence-electron chi connectivity index (χ0n) is 10.1. The topological polar surface area (TPSA) is 34.9 Å². The first-order valence-corrected chi connectivity index (χ1v) is 7.31. The fraction of sp³-hybridized carbons (Fsp3) is 0. The number of hydrogen-bond acceptors (Lipinski definition) is 3. The number of halogens is 2. The Kier molecular flexibility index (Phi) is 3.61. The molecule has 100 valence electrons. The minimum atomic E-state index is 0.526. The lowest BCUT2D eigenvalue weighted by Crippen LogP contribution is -1.93. The monoisotopic (exact) mass is 322 g/mol. The number of rotatable bonds is 3. The van der Waals surface area contributed by atoms with Crippen LogP contribution in [-0.2, 0) is 0 Å². The molecule has 0 unspecified atom stereocenters. The van der Waals surface area contributed by atoms with Crippen LogP contribution in [0.2, 0.25) is 9.36 Å².